The molecule has 0 aromatic carbocycles. The number of piperidine rings is 1. The Morgan fingerprint density at radius 1 is 1.18 bits per heavy atom. The SMILES string of the molecule is O=C(O)C(Cc1cccnc1)N1C(=O)C(N2CCC(c3ccc4c(n3)NCCC4)CC2)C1=O. The molecule has 2 aromatic rings. The van der Waals surface area contributed by atoms with E-state index in [9.17, 15) is 19.5 Å². The van der Waals surface area contributed by atoms with Gasteiger partial charge in [0.25, 0.3) is 11.8 Å². The van der Waals surface area contributed by atoms with E-state index in [0.29, 0.717) is 18.7 Å². The number of hydrogen-bond donors (Lipinski definition) is 2. The van der Waals surface area contributed by atoms with Gasteiger partial charge < -0.3 is 10.4 Å². The molecule has 2 saturated heterocycles. The predicted octanol–water partition coefficient (Wildman–Crippen LogP) is 1.45. The summed E-state index contributed by atoms with van der Waals surface area (Å²) in [7, 11) is 0. The lowest BCUT2D eigenvalue weighted by Crippen LogP contribution is -2.72. The number of imide groups is 1. The molecule has 0 bridgehead atoms. The highest BCUT2D eigenvalue weighted by atomic mass is 16.4. The fourth-order valence-corrected chi connectivity index (χ4v) is 5.09. The van der Waals surface area contributed by atoms with Gasteiger partial charge in [0.15, 0.2) is 6.04 Å². The molecule has 9 heteroatoms. The zero-order valence-corrected chi connectivity index (χ0v) is 18.3. The van der Waals surface area contributed by atoms with Gasteiger partial charge in [-0.1, -0.05) is 12.1 Å². The number of amides is 2. The summed E-state index contributed by atoms with van der Waals surface area (Å²) in [4.78, 5) is 49.2. The third kappa shape index (κ3) is 4.08. The zero-order chi connectivity index (χ0) is 22.9. The molecule has 1 atom stereocenters. The van der Waals surface area contributed by atoms with Gasteiger partial charge in [0.1, 0.15) is 11.9 Å². The lowest BCUT2D eigenvalue weighted by atomic mass is 9.89. The molecular weight excluding hydrogens is 422 g/mol. The topological polar surface area (TPSA) is 116 Å². The van der Waals surface area contributed by atoms with Crippen molar-refractivity contribution in [3.63, 3.8) is 0 Å². The van der Waals surface area contributed by atoms with Crippen molar-refractivity contribution in [2.45, 2.75) is 50.1 Å². The molecule has 0 aliphatic carbocycles. The van der Waals surface area contributed by atoms with E-state index in [1.54, 1.807) is 24.5 Å². The normalized spacial score (nSPS) is 20.7. The Morgan fingerprint density at radius 2 is 1.97 bits per heavy atom. The van der Waals surface area contributed by atoms with Gasteiger partial charge in [0.2, 0.25) is 0 Å². The van der Waals surface area contributed by atoms with Crippen molar-refractivity contribution in [1.29, 1.82) is 0 Å². The monoisotopic (exact) mass is 449 g/mol. The van der Waals surface area contributed by atoms with Crippen molar-refractivity contribution in [3.05, 3.63) is 53.5 Å². The van der Waals surface area contributed by atoms with Crippen LogP contribution in [-0.4, -0.2) is 74.4 Å². The molecule has 3 aliphatic rings. The van der Waals surface area contributed by atoms with E-state index < -0.39 is 29.9 Å². The smallest absolute Gasteiger partial charge is 0.327 e. The van der Waals surface area contributed by atoms with Crippen LogP contribution in [0.25, 0.3) is 0 Å². The molecule has 9 nitrogen and oxygen atoms in total. The summed E-state index contributed by atoms with van der Waals surface area (Å²) < 4.78 is 0. The molecule has 3 aliphatic heterocycles. The first-order valence-corrected chi connectivity index (χ1v) is 11.5. The average Bonchev–Trinajstić information content (AvgIpc) is 2.84. The largest absolute Gasteiger partial charge is 0.480 e. The number of likely N-dealkylation sites (tertiary alicyclic amines) is 2. The van der Waals surface area contributed by atoms with Gasteiger partial charge in [-0.15, -0.1) is 0 Å². The quantitative estimate of drug-likeness (QED) is 0.503. The van der Waals surface area contributed by atoms with E-state index in [2.05, 4.69) is 22.4 Å². The zero-order valence-electron chi connectivity index (χ0n) is 18.3. The number of rotatable bonds is 6. The summed E-state index contributed by atoms with van der Waals surface area (Å²) in [5.41, 5.74) is 2.98. The number of fused-ring (bicyclic) bond motifs is 1. The Morgan fingerprint density at radius 3 is 2.67 bits per heavy atom. The third-order valence-electron chi connectivity index (χ3n) is 6.92. The highest BCUT2D eigenvalue weighted by molar-refractivity contribution is 6.22. The number of carbonyl (C=O) groups excluding carboxylic acids is 2. The molecule has 1 unspecified atom stereocenters. The number of aliphatic carboxylic acids is 1. The van der Waals surface area contributed by atoms with Gasteiger partial charge in [-0.05, 0) is 48.9 Å². The number of carboxylic acids is 1. The number of anilines is 1. The Bertz CT molecular complexity index is 1050. The molecule has 172 valence electrons. The maximum absolute atomic E-state index is 12.9. The fraction of sp³-hybridized carbons (Fsp3) is 0.458. The van der Waals surface area contributed by atoms with Gasteiger partial charge in [-0.3, -0.25) is 24.4 Å². The lowest BCUT2D eigenvalue weighted by Gasteiger charge is -2.46. The number of carboxylic acid groups (broad SMARTS) is 1. The summed E-state index contributed by atoms with van der Waals surface area (Å²) in [5, 5.41) is 13.0. The van der Waals surface area contributed by atoms with E-state index in [4.69, 9.17) is 4.98 Å². The van der Waals surface area contributed by atoms with Crippen LogP contribution >= 0.6 is 0 Å². The average molecular weight is 450 g/mol. The fourth-order valence-electron chi connectivity index (χ4n) is 5.09. The third-order valence-corrected chi connectivity index (χ3v) is 6.92. The number of nitrogens with zero attached hydrogens (tertiary/aromatic N) is 4. The van der Waals surface area contributed by atoms with Crippen LogP contribution in [0.1, 0.15) is 42.0 Å². The molecule has 2 amide bonds. The van der Waals surface area contributed by atoms with Gasteiger partial charge in [0, 0.05) is 50.1 Å². The Hall–Kier alpha value is -3.33. The minimum absolute atomic E-state index is 0.0491. The van der Waals surface area contributed by atoms with E-state index in [1.165, 1.54) is 5.56 Å². The first-order valence-electron chi connectivity index (χ1n) is 11.5. The minimum atomic E-state index is -1.21. The van der Waals surface area contributed by atoms with Crippen molar-refractivity contribution in [1.82, 2.24) is 19.8 Å². The molecule has 5 rings (SSSR count). The summed E-state index contributed by atoms with van der Waals surface area (Å²) in [6.45, 7) is 2.16. The number of carbonyl (C=O) groups is 3. The van der Waals surface area contributed by atoms with Crippen molar-refractivity contribution >= 4 is 23.6 Å². The molecular formula is C24H27N5O4. The second-order valence-electron chi connectivity index (χ2n) is 8.95. The van der Waals surface area contributed by atoms with E-state index >= 15 is 0 Å². The van der Waals surface area contributed by atoms with E-state index in [1.807, 2.05) is 4.90 Å². The molecule has 0 radical (unpaired) electrons. The summed E-state index contributed by atoms with van der Waals surface area (Å²) in [5.74, 6) is -0.773. The highest BCUT2D eigenvalue weighted by Gasteiger charge is 2.54. The molecule has 2 N–H and O–H groups in total. The van der Waals surface area contributed by atoms with Crippen molar-refractivity contribution in [2.24, 2.45) is 0 Å². The number of nitrogens with one attached hydrogen (secondary N) is 1. The highest BCUT2D eigenvalue weighted by Crippen LogP contribution is 2.33. The van der Waals surface area contributed by atoms with Crippen LogP contribution in [0.15, 0.2) is 36.7 Å². The summed E-state index contributed by atoms with van der Waals surface area (Å²) in [6, 6.07) is 5.61. The van der Waals surface area contributed by atoms with Gasteiger partial charge in [-0.2, -0.15) is 0 Å². The Kier molecular flexibility index (Phi) is 5.80. The standard InChI is InChI=1S/C24H27N5O4/c30-22-20(23(31)29(22)19(24(32)33)13-15-3-1-9-25-14-15)28-11-7-16(8-12-28)18-6-5-17-4-2-10-26-21(17)27-18/h1,3,5-6,9,14,16,19-20H,2,4,7-8,10-13H2,(H,26,27)(H,32,33). The van der Waals surface area contributed by atoms with Crippen molar-refractivity contribution < 1.29 is 19.5 Å². The first kappa shape index (κ1) is 21.5. The molecule has 2 aromatic heterocycles. The predicted molar refractivity (Wildman–Crippen MR) is 120 cm³/mol. The van der Waals surface area contributed by atoms with Crippen LogP contribution in [0.2, 0.25) is 0 Å². The summed E-state index contributed by atoms with van der Waals surface area (Å²) >= 11 is 0. The molecule has 2 fully saturated rings. The van der Waals surface area contributed by atoms with Crippen molar-refractivity contribution in [2.75, 3.05) is 25.0 Å². The Labute approximate surface area is 191 Å². The second kappa shape index (κ2) is 8.90. The lowest BCUT2D eigenvalue weighted by molar-refractivity contribution is -0.176. The van der Waals surface area contributed by atoms with Crippen LogP contribution in [0.4, 0.5) is 5.82 Å². The number of pyridine rings is 2. The van der Waals surface area contributed by atoms with Crippen LogP contribution in [0.3, 0.4) is 0 Å². The number of aromatic nitrogens is 2. The maximum Gasteiger partial charge on any atom is 0.327 e. The first-order chi connectivity index (χ1) is 16.0. The second-order valence-corrected chi connectivity index (χ2v) is 8.95. The van der Waals surface area contributed by atoms with Crippen molar-refractivity contribution in [3.8, 4) is 0 Å². The number of hydrogen-bond acceptors (Lipinski definition) is 7. The molecule has 5 heterocycles. The summed E-state index contributed by atoms with van der Waals surface area (Å²) in [6.07, 6.45) is 6.98. The van der Waals surface area contributed by atoms with Crippen LogP contribution in [0, 0.1) is 0 Å². The van der Waals surface area contributed by atoms with Gasteiger partial charge in [-0.25, -0.2) is 9.78 Å². The molecule has 33 heavy (non-hydrogen) atoms. The number of aryl methyl sites for hydroxylation is 1. The van der Waals surface area contributed by atoms with E-state index in [-0.39, 0.29) is 12.3 Å². The molecule has 0 saturated carbocycles. The molecule has 0 spiro atoms. The van der Waals surface area contributed by atoms with Gasteiger partial charge in [0.05, 0.1) is 0 Å². The van der Waals surface area contributed by atoms with Crippen LogP contribution < -0.4 is 5.32 Å². The Balaban J connectivity index is 1.21. The maximum atomic E-state index is 12.9. The van der Waals surface area contributed by atoms with Crippen LogP contribution in [-0.2, 0) is 27.2 Å². The number of β-lactam (4-membered cyclic amide) rings is 2. The van der Waals surface area contributed by atoms with Gasteiger partial charge >= 0.3 is 5.97 Å². The van der Waals surface area contributed by atoms with E-state index in [0.717, 1.165) is 48.6 Å². The van der Waals surface area contributed by atoms with Crippen LogP contribution in [0.5, 0.6) is 0 Å². The minimum Gasteiger partial charge on any atom is -0.480 e.